The van der Waals surface area contributed by atoms with Crippen LogP contribution in [-0.2, 0) is 16.1 Å². The summed E-state index contributed by atoms with van der Waals surface area (Å²) < 4.78 is 13.5. The molecule has 176 valence electrons. The zero-order valence-electron chi connectivity index (χ0n) is 18.4. The highest BCUT2D eigenvalue weighted by Gasteiger charge is 2.57. The summed E-state index contributed by atoms with van der Waals surface area (Å²) in [6.07, 6.45) is 2.18. The number of anilines is 2. The van der Waals surface area contributed by atoms with Crippen LogP contribution in [0.4, 0.5) is 15.9 Å². The maximum atomic E-state index is 13.5. The van der Waals surface area contributed by atoms with E-state index >= 15 is 0 Å². The van der Waals surface area contributed by atoms with Crippen molar-refractivity contribution in [3.05, 3.63) is 77.2 Å². The van der Waals surface area contributed by atoms with Gasteiger partial charge in [0.25, 0.3) is 5.91 Å². The Bertz CT molecular complexity index is 1400. The number of aromatic nitrogens is 1. The number of nitrogens with one attached hydrogen (secondary N) is 1. The van der Waals surface area contributed by atoms with E-state index in [2.05, 4.69) is 10.3 Å². The molecule has 3 aromatic rings. The van der Waals surface area contributed by atoms with Crippen LogP contribution >= 0.6 is 0 Å². The van der Waals surface area contributed by atoms with Crippen LogP contribution < -0.4 is 21.7 Å². The van der Waals surface area contributed by atoms with Crippen molar-refractivity contribution in [3.8, 4) is 11.1 Å². The molecule has 1 aliphatic heterocycles. The summed E-state index contributed by atoms with van der Waals surface area (Å²) in [5.74, 6) is -2.58. The molecule has 35 heavy (non-hydrogen) atoms. The van der Waals surface area contributed by atoms with Crippen molar-refractivity contribution >= 4 is 35.1 Å². The van der Waals surface area contributed by atoms with Gasteiger partial charge in [0.2, 0.25) is 17.7 Å². The lowest BCUT2D eigenvalue weighted by Gasteiger charge is -2.25. The molecule has 2 aromatic carbocycles. The summed E-state index contributed by atoms with van der Waals surface area (Å²) in [5, 5.41) is 2.70. The molecule has 2 aliphatic rings. The first kappa shape index (κ1) is 22.2. The Balaban J connectivity index is 1.56. The summed E-state index contributed by atoms with van der Waals surface area (Å²) in [6.45, 7) is 0.230. The second-order valence-corrected chi connectivity index (χ2v) is 8.53. The number of halogens is 1. The first-order chi connectivity index (χ1) is 16.7. The van der Waals surface area contributed by atoms with Gasteiger partial charge in [-0.05, 0) is 66.4 Å². The van der Waals surface area contributed by atoms with E-state index in [9.17, 15) is 23.6 Å². The van der Waals surface area contributed by atoms with Gasteiger partial charge in [-0.3, -0.25) is 24.1 Å². The lowest BCUT2D eigenvalue weighted by atomic mass is 9.94. The van der Waals surface area contributed by atoms with Crippen LogP contribution in [0, 0.1) is 11.2 Å². The standard InChI is InChI=1S/C25H20FN5O4/c26-14-2-4-15(5-3-14)31(24(35)25(9-10-25)23(28)34)19-8-1-13(11-29-19)16-6-7-17(21(27)32)20-18(16)12-30-22(20)33/h1-8,11H,9-10,12H2,(H2,27,32)(H2,28,34)(H,30,33). The topological polar surface area (TPSA) is 148 Å². The van der Waals surface area contributed by atoms with Crippen LogP contribution in [-0.4, -0.2) is 28.6 Å². The smallest absolute Gasteiger partial charge is 0.252 e. The summed E-state index contributed by atoms with van der Waals surface area (Å²) in [5.41, 5.74) is 12.3. The molecule has 0 spiro atoms. The highest BCUT2D eigenvalue weighted by molar-refractivity contribution is 6.16. The molecule has 1 fully saturated rings. The van der Waals surface area contributed by atoms with E-state index in [1.54, 1.807) is 18.2 Å². The number of hydrogen-bond acceptors (Lipinski definition) is 5. The molecule has 5 rings (SSSR count). The largest absolute Gasteiger partial charge is 0.369 e. The number of amides is 4. The summed E-state index contributed by atoms with van der Waals surface area (Å²) in [6, 6.07) is 11.7. The van der Waals surface area contributed by atoms with Crippen LogP contribution in [0.5, 0.6) is 0 Å². The monoisotopic (exact) mass is 473 g/mol. The average molecular weight is 473 g/mol. The second-order valence-electron chi connectivity index (χ2n) is 8.53. The zero-order valence-corrected chi connectivity index (χ0v) is 18.4. The first-order valence-electron chi connectivity index (χ1n) is 10.8. The minimum atomic E-state index is -1.31. The third-order valence-electron chi connectivity index (χ3n) is 6.44. The zero-order chi connectivity index (χ0) is 24.9. The van der Waals surface area contributed by atoms with Gasteiger partial charge in [0.05, 0.1) is 16.8 Å². The van der Waals surface area contributed by atoms with Crippen LogP contribution in [0.25, 0.3) is 11.1 Å². The number of carbonyl (C=O) groups is 4. The lowest BCUT2D eigenvalue weighted by molar-refractivity contribution is -0.133. The summed E-state index contributed by atoms with van der Waals surface area (Å²) in [4.78, 5) is 55.2. The Kier molecular flexibility index (Phi) is 5.08. The van der Waals surface area contributed by atoms with Crippen LogP contribution in [0.2, 0.25) is 0 Å². The fourth-order valence-corrected chi connectivity index (χ4v) is 4.35. The number of nitrogens with zero attached hydrogens (tertiary/aromatic N) is 2. The number of rotatable bonds is 6. The van der Waals surface area contributed by atoms with Gasteiger partial charge >= 0.3 is 0 Å². The van der Waals surface area contributed by atoms with Crippen molar-refractivity contribution in [3.63, 3.8) is 0 Å². The molecule has 1 aliphatic carbocycles. The SMILES string of the molecule is NC(=O)c1ccc(-c2ccc(N(C(=O)C3(C(N)=O)CC3)c3ccc(F)cc3)nc2)c2c1C(=O)NC2. The normalized spacial score (nSPS) is 15.2. The van der Waals surface area contributed by atoms with Crippen molar-refractivity contribution in [2.45, 2.75) is 19.4 Å². The molecule has 4 amide bonds. The van der Waals surface area contributed by atoms with Crippen molar-refractivity contribution in [1.29, 1.82) is 0 Å². The third kappa shape index (κ3) is 3.59. The van der Waals surface area contributed by atoms with Crippen LogP contribution in [0.3, 0.4) is 0 Å². The highest BCUT2D eigenvalue weighted by Crippen LogP contribution is 2.49. The Morgan fingerprint density at radius 2 is 1.71 bits per heavy atom. The second kappa shape index (κ2) is 8.01. The molecule has 0 atom stereocenters. The summed E-state index contributed by atoms with van der Waals surface area (Å²) in [7, 11) is 0. The first-order valence-corrected chi connectivity index (χ1v) is 10.8. The molecule has 0 bridgehead atoms. The van der Waals surface area contributed by atoms with Gasteiger partial charge in [0.1, 0.15) is 17.1 Å². The molecular weight excluding hydrogens is 453 g/mol. The van der Waals surface area contributed by atoms with E-state index < -0.39 is 29.0 Å². The molecule has 2 heterocycles. The Hall–Kier alpha value is -4.60. The number of benzene rings is 2. The number of primary amides is 2. The Labute approximate surface area is 198 Å². The maximum Gasteiger partial charge on any atom is 0.252 e. The number of carbonyl (C=O) groups excluding carboxylic acids is 4. The number of fused-ring (bicyclic) bond motifs is 1. The fraction of sp³-hybridized carbons (Fsp3) is 0.160. The highest BCUT2D eigenvalue weighted by atomic mass is 19.1. The van der Waals surface area contributed by atoms with E-state index in [1.807, 2.05) is 0 Å². The molecule has 5 N–H and O–H groups in total. The van der Waals surface area contributed by atoms with Crippen molar-refractivity contribution in [1.82, 2.24) is 10.3 Å². The van der Waals surface area contributed by atoms with Gasteiger partial charge < -0.3 is 16.8 Å². The molecule has 1 saturated carbocycles. The van der Waals surface area contributed by atoms with Gasteiger partial charge in [0.15, 0.2) is 0 Å². The minimum absolute atomic E-state index is 0.137. The number of nitrogens with two attached hydrogens (primary N) is 2. The van der Waals surface area contributed by atoms with E-state index in [4.69, 9.17) is 11.5 Å². The summed E-state index contributed by atoms with van der Waals surface area (Å²) >= 11 is 0. The van der Waals surface area contributed by atoms with Gasteiger partial charge in [-0.1, -0.05) is 6.07 Å². The van der Waals surface area contributed by atoms with E-state index in [0.717, 1.165) is 0 Å². The Morgan fingerprint density at radius 3 is 2.29 bits per heavy atom. The van der Waals surface area contributed by atoms with Crippen LogP contribution in [0.15, 0.2) is 54.7 Å². The molecule has 9 nitrogen and oxygen atoms in total. The fourth-order valence-electron chi connectivity index (χ4n) is 4.35. The third-order valence-corrected chi connectivity index (χ3v) is 6.44. The maximum absolute atomic E-state index is 13.5. The van der Waals surface area contributed by atoms with Gasteiger partial charge in [-0.25, -0.2) is 9.37 Å². The molecule has 0 radical (unpaired) electrons. The van der Waals surface area contributed by atoms with Gasteiger partial charge in [0, 0.05) is 18.3 Å². The molecule has 0 unspecified atom stereocenters. The van der Waals surface area contributed by atoms with E-state index in [0.29, 0.717) is 35.2 Å². The van der Waals surface area contributed by atoms with Crippen molar-refractivity contribution in [2.75, 3.05) is 4.90 Å². The molecule has 0 saturated heterocycles. The lowest BCUT2D eigenvalue weighted by Crippen LogP contribution is -2.41. The van der Waals surface area contributed by atoms with Crippen molar-refractivity contribution < 1.29 is 23.6 Å². The van der Waals surface area contributed by atoms with E-state index in [-0.39, 0.29) is 29.4 Å². The van der Waals surface area contributed by atoms with Crippen LogP contribution in [0.1, 0.15) is 39.1 Å². The number of hydrogen-bond donors (Lipinski definition) is 3. The average Bonchev–Trinajstić information content (AvgIpc) is 3.58. The molecule has 10 heteroatoms. The van der Waals surface area contributed by atoms with Crippen molar-refractivity contribution in [2.24, 2.45) is 16.9 Å². The Morgan fingerprint density at radius 1 is 1.00 bits per heavy atom. The van der Waals surface area contributed by atoms with Gasteiger partial charge in [-0.2, -0.15) is 0 Å². The molecule has 1 aromatic heterocycles. The predicted octanol–water partition coefficient (Wildman–Crippen LogP) is 2.16. The van der Waals surface area contributed by atoms with E-state index in [1.165, 1.54) is 41.4 Å². The predicted molar refractivity (Wildman–Crippen MR) is 124 cm³/mol. The minimum Gasteiger partial charge on any atom is -0.369 e. The van der Waals surface area contributed by atoms with Gasteiger partial charge in [-0.15, -0.1) is 0 Å². The molecular formula is C25H20FN5O4. The quantitative estimate of drug-likeness (QED) is 0.469. The number of pyridine rings is 1.